The molecule has 0 saturated heterocycles. The van der Waals surface area contributed by atoms with Crippen LogP contribution in [0, 0.1) is 12.8 Å². The quantitative estimate of drug-likeness (QED) is 0.606. The van der Waals surface area contributed by atoms with Crippen LogP contribution in [0.15, 0.2) is 24.3 Å². The highest BCUT2D eigenvalue weighted by Gasteiger charge is 2.16. The topological polar surface area (TPSA) is 0 Å². The van der Waals surface area contributed by atoms with Crippen LogP contribution in [0.2, 0.25) is 0 Å². The predicted molar refractivity (Wildman–Crippen MR) is 72.9 cm³/mol. The Balaban J connectivity index is 2.72. The number of benzene rings is 1. The van der Waals surface area contributed by atoms with Crippen molar-refractivity contribution in [2.75, 3.05) is 0 Å². The molecule has 0 spiro atoms. The van der Waals surface area contributed by atoms with Crippen LogP contribution in [-0.4, -0.2) is 0 Å². The van der Waals surface area contributed by atoms with E-state index in [4.69, 9.17) is 0 Å². The molecule has 0 N–H and O–H groups in total. The molecule has 0 aliphatic rings. The summed E-state index contributed by atoms with van der Waals surface area (Å²) in [5, 5.41) is 0. The molecule has 0 amide bonds. The highest BCUT2D eigenvalue weighted by Crippen LogP contribution is 2.31. The van der Waals surface area contributed by atoms with E-state index in [0.717, 1.165) is 5.92 Å². The molecular weight excluding hydrogens is 192 g/mol. The van der Waals surface area contributed by atoms with Crippen LogP contribution in [0.25, 0.3) is 0 Å². The Hall–Kier alpha value is -0.780. The van der Waals surface area contributed by atoms with Crippen LogP contribution in [0.3, 0.4) is 0 Å². The first kappa shape index (κ1) is 13.3. The summed E-state index contributed by atoms with van der Waals surface area (Å²) in [6.45, 7) is 9.14. The fourth-order valence-electron chi connectivity index (χ4n) is 2.53. The summed E-state index contributed by atoms with van der Waals surface area (Å²) in [5.41, 5.74) is 2.87. The fourth-order valence-corrected chi connectivity index (χ4v) is 2.53. The lowest BCUT2D eigenvalue weighted by molar-refractivity contribution is 0.380. The molecule has 0 bridgehead atoms. The van der Waals surface area contributed by atoms with Crippen LogP contribution < -0.4 is 0 Å². The standard InChI is InChI=1S/C16H26/c1-5-7-15(8-6-2)14(4)16-11-9-13(3)10-12-16/h9-12,14-15H,5-8H2,1-4H3. The van der Waals surface area contributed by atoms with Gasteiger partial charge in [-0.05, 0) is 24.3 Å². The van der Waals surface area contributed by atoms with Crippen molar-refractivity contribution in [1.29, 1.82) is 0 Å². The summed E-state index contributed by atoms with van der Waals surface area (Å²) in [5.74, 6) is 1.57. The molecule has 1 unspecified atom stereocenters. The lowest BCUT2D eigenvalue weighted by Crippen LogP contribution is -2.10. The molecule has 1 aromatic rings. The molecule has 90 valence electrons. The number of aryl methyl sites for hydroxylation is 1. The van der Waals surface area contributed by atoms with E-state index < -0.39 is 0 Å². The molecule has 0 heteroatoms. The van der Waals surface area contributed by atoms with E-state index in [9.17, 15) is 0 Å². The molecule has 0 radical (unpaired) electrons. The van der Waals surface area contributed by atoms with E-state index in [-0.39, 0.29) is 0 Å². The summed E-state index contributed by atoms with van der Waals surface area (Å²) in [6, 6.07) is 9.08. The van der Waals surface area contributed by atoms with E-state index in [2.05, 4.69) is 52.0 Å². The summed E-state index contributed by atoms with van der Waals surface area (Å²) >= 11 is 0. The lowest BCUT2D eigenvalue weighted by Gasteiger charge is -2.23. The molecule has 0 aliphatic heterocycles. The third-order valence-electron chi connectivity index (χ3n) is 3.63. The highest BCUT2D eigenvalue weighted by atomic mass is 14.2. The fraction of sp³-hybridized carbons (Fsp3) is 0.625. The minimum atomic E-state index is 0.709. The second-order valence-electron chi connectivity index (χ2n) is 5.04. The van der Waals surface area contributed by atoms with Crippen molar-refractivity contribution in [1.82, 2.24) is 0 Å². The van der Waals surface area contributed by atoms with Crippen LogP contribution in [0.5, 0.6) is 0 Å². The van der Waals surface area contributed by atoms with Gasteiger partial charge in [-0.2, -0.15) is 0 Å². The van der Waals surface area contributed by atoms with Gasteiger partial charge in [-0.1, -0.05) is 76.3 Å². The molecule has 0 fully saturated rings. The van der Waals surface area contributed by atoms with Crippen molar-refractivity contribution in [2.45, 2.75) is 59.3 Å². The molecule has 0 nitrogen and oxygen atoms in total. The average Bonchev–Trinajstić information content (AvgIpc) is 2.29. The molecule has 16 heavy (non-hydrogen) atoms. The van der Waals surface area contributed by atoms with Gasteiger partial charge in [0.2, 0.25) is 0 Å². The summed E-state index contributed by atoms with van der Waals surface area (Å²) in [7, 11) is 0. The molecule has 1 atom stereocenters. The number of hydrogen-bond donors (Lipinski definition) is 0. The Morgan fingerprint density at radius 2 is 1.44 bits per heavy atom. The zero-order chi connectivity index (χ0) is 12.0. The van der Waals surface area contributed by atoms with Crippen molar-refractivity contribution >= 4 is 0 Å². The molecule has 0 heterocycles. The third-order valence-corrected chi connectivity index (χ3v) is 3.63. The Kier molecular flexibility index (Phi) is 5.59. The first-order valence-electron chi connectivity index (χ1n) is 6.75. The Labute approximate surface area is 101 Å². The summed E-state index contributed by atoms with van der Waals surface area (Å²) in [6.07, 6.45) is 5.34. The van der Waals surface area contributed by atoms with Gasteiger partial charge in [0.25, 0.3) is 0 Å². The van der Waals surface area contributed by atoms with Gasteiger partial charge < -0.3 is 0 Å². The second-order valence-corrected chi connectivity index (χ2v) is 5.04. The summed E-state index contributed by atoms with van der Waals surface area (Å²) < 4.78 is 0. The molecule has 0 aromatic heterocycles. The van der Waals surface area contributed by atoms with Crippen molar-refractivity contribution in [3.8, 4) is 0 Å². The molecule has 0 aliphatic carbocycles. The SMILES string of the molecule is CCCC(CCC)C(C)c1ccc(C)cc1. The minimum absolute atomic E-state index is 0.709. The van der Waals surface area contributed by atoms with Gasteiger partial charge in [0.05, 0.1) is 0 Å². The van der Waals surface area contributed by atoms with Crippen molar-refractivity contribution < 1.29 is 0 Å². The number of hydrogen-bond acceptors (Lipinski definition) is 0. The van der Waals surface area contributed by atoms with E-state index in [1.54, 1.807) is 0 Å². The molecule has 1 rings (SSSR count). The Morgan fingerprint density at radius 1 is 0.938 bits per heavy atom. The smallest absolute Gasteiger partial charge is 0.0162 e. The van der Waals surface area contributed by atoms with E-state index in [0.29, 0.717) is 5.92 Å². The van der Waals surface area contributed by atoms with E-state index in [1.807, 2.05) is 0 Å². The molecular formula is C16H26. The van der Waals surface area contributed by atoms with Gasteiger partial charge in [0, 0.05) is 0 Å². The second kappa shape index (κ2) is 6.73. The van der Waals surface area contributed by atoms with E-state index in [1.165, 1.54) is 36.8 Å². The van der Waals surface area contributed by atoms with Gasteiger partial charge >= 0.3 is 0 Å². The zero-order valence-electron chi connectivity index (χ0n) is 11.3. The van der Waals surface area contributed by atoms with Crippen LogP contribution in [0.1, 0.15) is 63.5 Å². The Morgan fingerprint density at radius 3 is 1.88 bits per heavy atom. The minimum Gasteiger partial charge on any atom is -0.0654 e. The van der Waals surface area contributed by atoms with Gasteiger partial charge in [0.1, 0.15) is 0 Å². The zero-order valence-corrected chi connectivity index (χ0v) is 11.3. The number of rotatable bonds is 6. The van der Waals surface area contributed by atoms with Crippen molar-refractivity contribution in [3.05, 3.63) is 35.4 Å². The predicted octanol–water partition coefficient (Wildman–Crippen LogP) is 5.31. The lowest BCUT2D eigenvalue weighted by atomic mass is 9.82. The van der Waals surface area contributed by atoms with Gasteiger partial charge in [-0.15, -0.1) is 0 Å². The van der Waals surface area contributed by atoms with Crippen LogP contribution in [0.4, 0.5) is 0 Å². The maximum atomic E-state index is 2.39. The summed E-state index contributed by atoms with van der Waals surface area (Å²) in [4.78, 5) is 0. The molecule has 1 aromatic carbocycles. The van der Waals surface area contributed by atoms with E-state index >= 15 is 0 Å². The maximum Gasteiger partial charge on any atom is -0.0162 e. The van der Waals surface area contributed by atoms with Crippen molar-refractivity contribution in [2.24, 2.45) is 5.92 Å². The first-order chi connectivity index (χ1) is 7.69. The third kappa shape index (κ3) is 3.66. The van der Waals surface area contributed by atoms with Crippen molar-refractivity contribution in [3.63, 3.8) is 0 Å². The van der Waals surface area contributed by atoms with Crippen LogP contribution >= 0.6 is 0 Å². The largest absolute Gasteiger partial charge is 0.0654 e. The highest BCUT2D eigenvalue weighted by molar-refractivity contribution is 5.24. The van der Waals surface area contributed by atoms with Gasteiger partial charge in [-0.3, -0.25) is 0 Å². The van der Waals surface area contributed by atoms with Gasteiger partial charge in [-0.25, -0.2) is 0 Å². The average molecular weight is 218 g/mol. The maximum absolute atomic E-state index is 2.39. The van der Waals surface area contributed by atoms with Gasteiger partial charge in [0.15, 0.2) is 0 Å². The monoisotopic (exact) mass is 218 g/mol. The Bertz CT molecular complexity index is 277. The normalized spacial score (nSPS) is 13.1. The molecule has 0 saturated carbocycles. The van der Waals surface area contributed by atoms with Crippen LogP contribution in [-0.2, 0) is 0 Å². The first-order valence-corrected chi connectivity index (χ1v) is 6.75.